The first-order valence-corrected chi connectivity index (χ1v) is 12.7. The van der Waals surface area contributed by atoms with Gasteiger partial charge >= 0.3 is 0 Å². The molecule has 5 atom stereocenters. The predicted octanol–water partition coefficient (Wildman–Crippen LogP) is 2.32. The molecule has 2 unspecified atom stereocenters. The van der Waals surface area contributed by atoms with Crippen LogP contribution < -0.4 is 5.32 Å². The highest BCUT2D eigenvalue weighted by molar-refractivity contribution is 7.15. The average Bonchev–Trinajstić information content (AvgIpc) is 3.60. The van der Waals surface area contributed by atoms with Crippen molar-refractivity contribution in [3.05, 3.63) is 29.5 Å². The van der Waals surface area contributed by atoms with Gasteiger partial charge in [-0.1, -0.05) is 0 Å². The molecule has 3 aliphatic rings. The molecule has 2 saturated heterocycles. The number of pyridine rings is 1. The Morgan fingerprint density at radius 2 is 2.12 bits per heavy atom. The summed E-state index contributed by atoms with van der Waals surface area (Å²) >= 11 is 1.49. The molecule has 180 valence electrons. The number of hydrogen-bond acceptors (Lipinski definition) is 8. The van der Waals surface area contributed by atoms with E-state index in [4.69, 9.17) is 4.74 Å². The van der Waals surface area contributed by atoms with E-state index >= 15 is 0 Å². The van der Waals surface area contributed by atoms with E-state index < -0.39 is 11.7 Å². The monoisotopic (exact) mass is 483 g/mol. The number of anilines is 1. The quantitative estimate of drug-likeness (QED) is 0.439. The molecule has 3 aromatic rings. The summed E-state index contributed by atoms with van der Waals surface area (Å²) in [7, 11) is 0. The maximum absolute atomic E-state index is 12.2. The molecule has 1 aliphatic carbocycles. The minimum atomic E-state index is -0.965. The highest BCUT2D eigenvalue weighted by Gasteiger charge is 2.43. The number of H-pyrrole nitrogens is 1. The maximum Gasteiger partial charge on any atom is 0.251 e. The summed E-state index contributed by atoms with van der Waals surface area (Å²) in [5.41, 5.74) is 1.78. The van der Waals surface area contributed by atoms with Gasteiger partial charge in [-0.2, -0.15) is 0 Å². The number of hydrogen-bond donors (Lipinski definition) is 4. The van der Waals surface area contributed by atoms with E-state index in [1.807, 2.05) is 23.4 Å². The maximum atomic E-state index is 12.2. The van der Waals surface area contributed by atoms with Crippen molar-refractivity contribution < 1.29 is 19.7 Å². The van der Waals surface area contributed by atoms with E-state index in [0.717, 1.165) is 45.0 Å². The number of thiazole rings is 1. The minimum Gasteiger partial charge on any atom is -0.384 e. The number of nitrogens with zero attached hydrogens (tertiary/aromatic N) is 3. The van der Waals surface area contributed by atoms with Gasteiger partial charge in [0.05, 0.1) is 22.7 Å². The molecule has 9 nitrogen and oxygen atoms in total. The van der Waals surface area contributed by atoms with Gasteiger partial charge in [0, 0.05) is 56.1 Å². The number of rotatable bonds is 5. The van der Waals surface area contributed by atoms with Crippen molar-refractivity contribution >= 4 is 34.0 Å². The fraction of sp³-hybridized carbons (Fsp3) is 0.542. The van der Waals surface area contributed by atoms with Crippen LogP contribution in [0, 0.1) is 11.8 Å². The van der Waals surface area contributed by atoms with Crippen molar-refractivity contribution in [3.8, 4) is 10.6 Å². The number of likely N-dealkylation sites (tertiary alicyclic amines) is 1. The predicted molar refractivity (Wildman–Crippen MR) is 128 cm³/mol. The molecular formula is C24H29N5O4S. The van der Waals surface area contributed by atoms with Crippen LogP contribution >= 0.6 is 11.3 Å². The van der Waals surface area contributed by atoms with Gasteiger partial charge in [0.2, 0.25) is 0 Å². The molecule has 1 saturated carbocycles. The summed E-state index contributed by atoms with van der Waals surface area (Å²) in [5.74, 6) is 0.712. The number of ether oxygens (including phenoxy) is 1. The summed E-state index contributed by atoms with van der Waals surface area (Å²) in [6, 6.07) is 2.31. The lowest BCUT2D eigenvalue weighted by atomic mass is 10.0. The summed E-state index contributed by atoms with van der Waals surface area (Å²) < 4.78 is 5.42. The van der Waals surface area contributed by atoms with Gasteiger partial charge < -0.3 is 30.2 Å². The second-order valence-corrected chi connectivity index (χ2v) is 10.9. The molecular weight excluding hydrogens is 454 g/mol. The highest BCUT2D eigenvalue weighted by atomic mass is 32.1. The molecule has 0 aromatic carbocycles. The van der Waals surface area contributed by atoms with E-state index in [1.165, 1.54) is 18.3 Å². The van der Waals surface area contributed by atoms with Crippen LogP contribution in [-0.2, 0) is 15.1 Å². The van der Waals surface area contributed by atoms with Crippen LogP contribution in [0.2, 0.25) is 0 Å². The Morgan fingerprint density at radius 1 is 1.32 bits per heavy atom. The summed E-state index contributed by atoms with van der Waals surface area (Å²) in [5, 5.41) is 26.2. The number of aliphatic hydroxyl groups is 2. The molecule has 34 heavy (non-hydrogen) atoms. The highest BCUT2D eigenvalue weighted by Crippen LogP contribution is 2.43. The molecule has 3 fully saturated rings. The van der Waals surface area contributed by atoms with Crippen LogP contribution in [0.1, 0.15) is 31.1 Å². The van der Waals surface area contributed by atoms with E-state index in [1.54, 1.807) is 6.20 Å². The normalized spacial score (nSPS) is 29.6. The van der Waals surface area contributed by atoms with Gasteiger partial charge in [0.1, 0.15) is 22.4 Å². The molecule has 3 aromatic heterocycles. The van der Waals surface area contributed by atoms with Crippen LogP contribution in [0.3, 0.4) is 0 Å². The van der Waals surface area contributed by atoms with Crippen molar-refractivity contribution in [1.29, 1.82) is 0 Å². The Kier molecular flexibility index (Phi) is 5.36. The van der Waals surface area contributed by atoms with Gasteiger partial charge in [-0.3, -0.25) is 4.79 Å². The largest absolute Gasteiger partial charge is 0.384 e. The fourth-order valence-electron chi connectivity index (χ4n) is 5.75. The fourth-order valence-corrected chi connectivity index (χ4v) is 6.79. The third-order valence-electron chi connectivity index (χ3n) is 7.55. The molecule has 0 bridgehead atoms. The van der Waals surface area contributed by atoms with Crippen molar-refractivity contribution in [3.63, 3.8) is 0 Å². The zero-order valence-electron chi connectivity index (χ0n) is 19.0. The number of amides is 1. The second kappa shape index (κ2) is 8.30. The number of fused-ring (bicyclic) bond motifs is 2. The Balaban J connectivity index is 1.25. The van der Waals surface area contributed by atoms with E-state index in [-0.39, 0.29) is 11.9 Å². The van der Waals surface area contributed by atoms with Crippen molar-refractivity contribution in [2.24, 2.45) is 11.8 Å². The first-order chi connectivity index (χ1) is 16.4. The number of aromatic amines is 1. The van der Waals surface area contributed by atoms with Crippen molar-refractivity contribution in [1.82, 2.24) is 19.9 Å². The molecule has 10 heteroatoms. The summed E-state index contributed by atoms with van der Waals surface area (Å²) in [6.45, 7) is 3.82. The molecule has 0 radical (unpaired) electrons. The van der Waals surface area contributed by atoms with Gasteiger partial charge in [0.15, 0.2) is 0 Å². The lowest BCUT2D eigenvalue weighted by molar-refractivity contribution is -0.138. The lowest BCUT2D eigenvalue weighted by Crippen LogP contribution is -2.37. The number of nitrogens with one attached hydrogen (secondary N) is 2. The Hall–Kier alpha value is -2.53. The zero-order valence-corrected chi connectivity index (χ0v) is 19.8. The Bertz CT molecular complexity index is 1200. The van der Waals surface area contributed by atoms with Gasteiger partial charge in [-0.15, -0.1) is 11.3 Å². The molecule has 1 amide bonds. The molecule has 4 N–H and O–H groups in total. The van der Waals surface area contributed by atoms with Gasteiger partial charge in [-0.25, -0.2) is 9.97 Å². The number of carbonyl (C=O) groups is 1. The van der Waals surface area contributed by atoms with E-state index in [0.29, 0.717) is 44.6 Å². The van der Waals surface area contributed by atoms with Gasteiger partial charge in [0.25, 0.3) is 5.91 Å². The smallest absolute Gasteiger partial charge is 0.251 e. The van der Waals surface area contributed by atoms with Crippen LogP contribution in [0.5, 0.6) is 0 Å². The topological polar surface area (TPSA) is 124 Å². The number of aliphatic hydroxyl groups excluding tert-OH is 1. The summed E-state index contributed by atoms with van der Waals surface area (Å²) in [4.78, 5) is 27.3. The third-order valence-corrected chi connectivity index (χ3v) is 8.77. The van der Waals surface area contributed by atoms with Crippen LogP contribution in [0.4, 0.5) is 5.69 Å². The standard InChI is InChI=1S/C24H29N5O4S/c1-13(30)23(31)29-10-14-6-16(7-15(14)11-29)28-20-17-2-4-25-21(17)26-8-18(20)22-27-9-19(34-22)24(32)3-5-33-12-24/h2,4,8-9,13-16,30,32H,3,5-7,10-12H2,1H3,(H2,25,26,28)/t13-,14-,15+,16?,24?/m0/s1. The van der Waals surface area contributed by atoms with Crippen LogP contribution in [0.15, 0.2) is 24.7 Å². The third kappa shape index (κ3) is 3.69. The molecule has 2 aliphatic heterocycles. The van der Waals surface area contributed by atoms with E-state index in [2.05, 4.69) is 20.3 Å². The van der Waals surface area contributed by atoms with Crippen LogP contribution in [0.25, 0.3) is 21.6 Å². The first kappa shape index (κ1) is 22.0. The lowest BCUT2D eigenvalue weighted by Gasteiger charge is -2.22. The molecule has 6 rings (SSSR count). The SMILES string of the molecule is C[C@H](O)C(=O)N1C[C@H]2CC(Nc3c(-c4ncc(C5(O)CCOC5)s4)cnc4[nH]ccc34)C[C@H]2C1. The molecule has 5 heterocycles. The van der Waals surface area contributed by atoms with Crippen molar-refractivity contribution in [2.45, 2.75) is 43.9 Å². The van der Waals surface area contributed by atoms with Crippen molar-refractivity contribution in [2.75, 3.05) is 31.6 Å². The number of aromatic nitrogens is 3. The Labute approximate surface area is 201 Å². The van der Waals surface area contributed by atoms with E-state index in [9.17, 15) is 15.0 Å². The zero-order chi connectivity index (χ0) is 23.4. The molecule has 0 spiro atoms. The summed E-state index contributed by atoms with van der Waals surface area (Å²) in [6.07, 6.45) is 7.08. The van der Waals surface area contributed by atoms with Gasteiger partial charge in [-0.05, 0) is 37.7 Å². The Morgan fingerprint density at radius 3 is 2.82 bits per heavy atom. The first-order valence-electron chi connectivity index (χ1n) is 11.9. The average molecular weight is 484 g/mol. The number of carbonyl (C=O) groups excluding carboxylic acids is 1. The van der Waals surface area contributed by atoms with Crippen LogP contribution in [-0.4, -0.2) is 74.4 Å². The minimum absolute atomic E-state index is 0.168. The second-order valence-electron chi connectivity index (χ2n) is 9.90.